The normalized spacial score (nSPS) is 10.7. The number of nitrogens with zero attached hydrogens (tertiary/aromatic N) is 3. The van der Waals surface area contributed by atoms with E-state index in [1.54, 1.807) is 23.8 Å². The van der Waals surface area contributed by atoms with Crippen LogP contribution in [-0.2, 0) is 11.3 Å². The first-order valence-corrected chi connectivity index (χ1v) is 15.7. The van der Waals surface area contributed by atoms with Crippen LogP contribution in [-0.4, -0.2) is 59.3 Å². The van der Waals surface area contributed by atoms with Crippen molar-refractivity contribution in [2.75, 3.05) is 38.0 Å². The summed E-state index contributed by atoms with van der Waals surface area (Å²) in [5.41, 5.74) is 3.81. The van der Waals surface area contributed by atoms with Crippen molar-refractivity contribution in [3.63, 3.8) is 0 Å². The van der Waals surface area contributed by atoms with E-state index in [2.05, 4.69) is 20.8 Å². The lowest BCUT2D eigenvalue weighted by molar-refractivity contribution is -0.113. The number of anilines is 1. The van der Waals surface area contributed by atoms with Gasteiger partial charge in [-0.05, 0) is 76.1 Å². The minimum Gasteiger partial charge on any atom is -0.495 e. The lowest BCUT2D eigenvalue weighted by Gasteiger charge is -2.17. The summed E-state index contributed by atoms with van der Waals surface area (Å²) in [4.78, 5) is 26.3. The van der Waals surface area contributed by atoms with E-state index in [1.165, 1.54) is 11.8 Å². The molecule has 2 amide bonds. The fourth-order valence-electron chi connectivity index (χ4n) is 4.53. The van der Waals surface area contributed by atoms with Crippen molar-refractivity contribution in [3.8, 4) is 28.7 Å². The molecule has 0 aliphatic heterocycles. The van der Waals surface area contributed by atoms with E-state index in [0.717, 1.165) is 16.8 Å². The van der Waals surface area contributed by atoms with Crippen LogP contribution in [0, 0.1) is 13.8 Å². The Morgan fingerprint density at radius 1 is 0.867 bits per heavy atom. The number of ether oxygens (including phenoxy) is 4. The number of benzene rings is 3. The Hall–Kier alpha value is -4.71. The van der Waals surface area contributed by atoms with Gasteiger partial charge in [0.05, 0.1) is 44.9 Å². The Bertz CT molecular complexity index is 1610. The lowest BCUT2D eigenvalue weighted by atomic mass is 10.1. The molecular weight excluding hydrogens is 594 g/mol. The van der Waals surface area contributed by atoms with Crippen molar-refractivity contribution in [2.24, 2.45) is 0 Å². The summed E-state index contributed by atoms with van der Waals surface area (Å²) in [6.45, 7) is 10.7. The molecule has 0 saturated carbocycles. The van der Waals surface area contributed by atoms with E-state index in [-0.39, 0.29) is 24.1 Å². The van der Waals surface area contributed by atoms with Crippen LogP contribution in [0.4, 0.5) is 5.69 Å². The van der Waals surface area contributed by atoms with Gasteiger partial charge in [0.25, 0.3) is 5.91 Å². The molecule has 0 aliphatic rings. The number of methoxy groups -OCH3 is 1. The average Bonchev–Trinajstić information content (AvgIpc) is 3.44. The largest absolute Gasteiger partial charge is 0.495 e. The van der Waals surface area contributed by atoms with E-state index in [4.69, 9.17) is 18.9 Å². The third-order valence-electron chi connectivity index (χ3n) is 6.60. The van der Waals surface area contributed by atoms with Crippen molar-refractivity contribution in [2.45, 2.75) is 46.3 Å². The number of aryl methyl sites for hydroxylation is 2. The summed E-state index contributed by atoms with van der Waals surface area (Å²) in [7, 11) is 1.58. The first kappa shape index (κ1) is 33.2. The molecule has 1 aromatic heterocycles. The number of hydrogen-bond acceptors (Lipinski definition) is 9. The van der Waals surface area contributed by atoms with Gasteiger partial charge in [-0.2, -0.15) is 0 Å². The molecule has 12 heteroatoms. The Morgan fingerprint density at radius 2 is 1.56 bits per heavy atom. The van der Waals surface area contributed by atoms with Crippen LogP contribution in [0.3, 0.4) is 0 Å². The van der Waals surface area contributed by atoms with Crippen LogP contribution in [0.15, 0.2) is 59.8 Å². The molecule has 4 aromatic rings. The van der Waals surface area contributed by atoms with E-state index < -0.39 is 0 Å². The fraction of sp³-hybridized carbons (Fsp3) is 0.333. The van der Waals surface area contributed by atoms with Crippen LogP contribution in [0.1, 0.15) is 48.1 Å². The molecule has 3 aromatic carbocycles. The van der Waals surface area contributed by atoms with Crippen LogP contribution in [0.25, 0.3) is 5.69 Å². The molecule has 1 heterocycles. The summed E-state index contributed by atoms with van der Waals surface area (Å²) < 4.78 is 24.7. The maximum Gasteiger partial charge on any atom is 0.251 e. The van der Waals surface area contributed by atoms with Gasteiger partial charge >= 0.3 is 0 Å². The topological polar surface area (TPSA) is 126 Å². The SMILES string of the molecule is CCOc1cc(C(=O)NCc2nnc(SCC(=O)Nc3cc(C)ccc3C)n2-c2ccccc2OC)cc(OCC)c1OCC. The molecule has 11 nitrogen and oxygen atoms in total. The highest BCUT2D eigenvalue weighted by atomic mass is 32.2. The first-order chi connectivity index (χ1) is 21.8. The summed E-state index contributed by atoms with van der Waals surface area (Å²) in [5, 5.41) is 15.1. The zero-order valence-electron chi connectivity index (χ0n) is 26.4. The highest BCUT2D eigenvalue weighted by Gasteiger charge is 2.22. The minimum absolute atomic E-state index is 0.0419. The van der Waals surface area contributed by atoms with Gasteiger partial charge in [-0.25, -0.2) is 0 Å². The maximum atomic E-state index is 13.4. The number of amides is 2. The average molecular weight is 634 g/mol. The van der Waals surface area contributed by atoms with Crippen molar-refractivity contribution in [3.05, 3.63) is 77.1 Å². The molecule has 238 valence electrons. The smallest absolute Gasteiger partial charge is 0.251 e. The molecule has 0 spiro atoms. The molecule has 0 bridgehead atoms. The second-order valence-corrected chi connectivity index (χ2v) is 10.8. The van der Waals surface area contributed by atoms with E-state index >= 15 is 0 Å². The van der Waals surface area contributed by atoms with Crippen molar-refractivity contribution in [1.82, 2.24) is 20.1 Å². The van der Waals surface area contributed by atoms with Crippen molar-refractivity contribution >= 4 is 29.3 Å². The molecular formula is C33H39N5O6S. The predicted molar refractivity (Wildman–Crippen MR) is 174 cm³/mol. The number of carbonyl (C=O) groups is 2. The number of carbonyl (C=O) groups excluding carboxylic acids is 2. The van der Waals surface area contributed by atoms with E-state index in [1.807, 2.05) is 77.1 Å². The van der Waals surface area contributed by atoms with E-state index in [0.29, 0.717) is 65.1 Å². The lowest BCUT2D eigenvalue weighted by Crippen LogP contribution is -2.25. The van der Waals surface area contributed by atoms with Crippen molar-refractivity contribution < 1.29 is 28.5 Å². The third kappa shape index (κ3) is 8.27. The van der Waals surface area contributed by atoms with Gasteiger partial charge < -0.3 is 29.6 Å². The Morgan fingerprint density at radius 3 is 2.22 bits per heavy atom. The first-order valence-electron chi connectivity index (χ1n) is 14.7. The predicted octanol–water partition coefficient (Wildman–Crippen LogP) is 5.75. The Kier molecular flexibility index (Phi) is 11.7. The second-order valence-electron chi connectivity index (χ2n) is 9.84. The van der Waals surface area contributed by atoms with Crippen LogP contribution in [0.2, 0.25) is 0 Å². The molecule has 0 fully saturated rings. The molecule has 0 radical (unpaired) electrons. The zero-order chi connectivity index (χ0) is 32.3. The number of rotatable bonds is 15. The monoisotopic (exact) mass is 633 g/mol. The van der Waals surface area contributed by atoms with Crippen LogP contribution in [0.5, 0.6) is 23.0 Å². The minimum atomic E-state index is -0.364. The van der Waals surface area contributed by atoms with E-state index in [9.17, 15) is 9.59 Å². The highest BCUT2D eigenvalue weighted by Crippen LogP contribution is 2.39. The standard InChI is InChI=1S/C33H39N5O6S/c1-7-42-27-17-23(18-28(43-8-2)31(27)44-9-3)32(40)34-19-29-36-37-33(38(29)25-12-10-11-13-26(25)41-6)45-20-30(39)35-24-16-21(4)14-15-22(24)5/h10-18H,7-9,19-20H2,1-6H3,(H,34,40)(H,35,39). The zero-order valence-corrected chi connectivity index (χ0v) is 27.2. The molecule has 45 heavy (non-hydrogen) atoms. The number of aromatic nitrogens is 3. The molecule has 0 unspecified atom stereocenters. The summed E-state index contributed by atoms with van der Waals surface area (Å²) >= 11 is 1.23. The molecule has 0 atom stereocenters. The van der Waals surface area contributed by atoms with Crippen LogP contribution < -0.4 is 29.6 Å². The van der Waals surface area contributed by atoms with Gasteiger partial charge in [-0.3, -0.25) is 14.2 Å². The van der Waals surface area contributed by atoms with Gasteiger partial charge in [-0.1, -0.05) is 36.0 Å². The fourth-order valence-corrected chi connectivity index (χ4v) is 5.30. The molecule has 0 aliphatic carbocycles. The van der Waals surface area contributed by atoms with Crippen LogP contribution >= 0.6 is 11.8 Å². The highest BCUT2D eigenvalue weighted by molar-refractivity contribution is 7.99. The number of para-hydroxylation sites is 2. The number of thioether (sulfide) groups is 1. The van der Waals surface area contributed by atoms with Gasteiger partial charge in [-0.15, -0.1) is 10.2 Å². The molecule has 0 saturated heterocycles. The third-order valence-corrected chi connectivity index (χ3v) is 7.53. The van der Waals surface area contributed by atoms with Gasteiger partial charge in [0.2, 0.25) is 11.7 Å². The van der Waals surface area contributed by atoms with Gasteiger partial charge in [0, 0.05) is 11.3 Å². The Balaban J connectivity index is 1.58. The summed E-state index contributed by atoms with van der Waals surface area (Å²) in [6, 6.07) is 16.6. The maximum absolute atomic E-state index is 13.4. The quantitative estimate of drug-likeness (QED) is 0.157. The van der Waals surface area contributed by atoms with Gasteiger partial charge in [0.15, 0.2) is 22.5 Å². The summed E-state index contributed by atoms with van der Waals surface area (Å²) in [6.07, 6.45) is 0. The Labute approximate surface area is 267 Å². The van der Waals surface area contributed by atoms with Gasteiger partial charge in [0.1, 0.15) is 5.75 Å². The molecule has 4 rings (SSSR count). The molecule has 2 N–H and O–H groups in total. The number of hydrogen-bond donors (Lipinski definition) is 2. The number of nitrogens with one attached hydrogen (secondary N) is 2. The second kappa shape index (κ2) is 15.8. The summed E-state index contributed by atoms with van der Waals surface area (Å²) in [5.74, 6) is 1.89. The van der Waals surface area contributed by atoms with Crippen molar-refractivity contribution in [1.29, 1.82) is 0 Å².